The highest BCUT2D eigenvalue weighted by molar-refractivity contribution is 9.10. The molecule has 1 atom stereocenters. The third-order valence-corrected chi connectivity index (χ3v) is 8.48. The summed E-state index contributed by atoms with van der Waals surface area (Å²) in [5, 5.41) is 9.40. The van der Waals surface area contributed by atoms with E-state index in [4.69, 9.17) is 31.1 Å². The number of ether oxygens (including phenoxy) is 3. The van der Waals surface area contributed by atoms with Gasteiger partial charge in [0.05, 0.1) is 46.1 Å². The molecule has 0 radical (unpaired) electrons. The second-order valence-electron chi connectivity index (χ2n) is 9.25. The monoisotopic (exact) mass is 663 g/mol. The Morgan fingerprint density at radius 2 is 1.88 bits per heavy atom. The van der Waals surface area contributed by atoms with E-state index in [0.29, 0.717) is 53.8 Å². The van der Waals surface area contributed by atoms with Gasteiger partial charge in [0, 0.05) is 10.6 Å². The van der Waals surface area contributed by atoms with Crippen LogP contribution in [-0.2, 0) is 16.1 Å². The molecule has 0 saturated heterocycles. The number of esters is 1. The van der Waals surface area contributed by atoms with Crippen LogP contribution in [0.25, 0.3) is 6.08 Å². The first-order valence-corrected chi connectivity index (χ1v) is 14.6. The third-order valence-electron chi connectivity index (χ3n) is 6.64. The molecule has 212 valence electrons. The van der Waals surface area contributed by atoms with Crippen molar-refractivity contribution in [2.24, 2.45) is 4.99 Å². The van der Waals surface area contributed by atoms with Crippen LogP contribution in [0.15, 0.2) is 86.2 Å². The highest BCUT2D eigenvalue weighted by Gasteiger charge is 2.35. The number of aromatic nitrogens is 1. The molecule has 8 nitrogen and oxygen atoms in total. The molecule has 0 N–H and O–H groups in total. The normalized spacial score (nSPS) is 14.6. The minimum Gasteiger partial charge on any atom is -0.496 e. The smallest absolute Gasteiger partial charge is 0.338 e. The summed E-state index contributed by atoms with van der Waals surface area (Å²) in [6.45, 7) is 2.04. The van der Waals surface area contributed by atoms with Crippen molar-refractivity contribution in [2.45, 2.75) is 19.6 Å². The highest BCUT2D eigenvalue weighted by Crippen LogP contribution is 2.37. The van der Waals surface area contributed by atoms with Crippen molar-refractivity contribution in [3.05, 3.63) is 123 Å². The highest BCUT2D eigenvalue weighted by atomic mass is 79.9. The largest absolute Gasteiger partial charge is 0.496 e. The second kappa shape index (κ2) is 12.4. The maximum Gasteiger partial charge on any atom is 0.338 e. The molecular formula is C31H23BrClN3O5S. The molecule has 2 heterocycles. The van der Waals surface area contributed by atoms with Crippen molar-refractivity contribution < 1.29 is 19.0 Å². The van der Waals surface area contributed by atoms with E-state index in [1.54, 1.807) is 43.3 Å². The fraction of sp³-hybridized carbons (Fsp3) is 0.161. The van der Waals surface area contributed by atoms with Gasteiger partial charge in [-0.1, -0.05) is 41.1 Å². The Hall–Kier alpha value is -4.17. The quantitative estimate of drug-likeness (QED) is 0.249. The Kier molecular flexibility index (Phi) is 8.64. The van der Waals surface area contributed by atoms with Gasteiger partial charge in [0.1, 0.15) is 24.1 Å². The van der Waals surface area contributed by atoms with Crippen LogP contribution in [0.5, 0.6) is 11.5 Å². The van der Waals surface area contributed by atoms with Crippen LogP contribution < -0.4 is 24.4 Å². The number of methoxy groups -OCH3 is 2. The first-order chi connectivity index (χ1) is 20.2. The molecule has 0 bridgehead atoms. The Labute approximate surface area is 258 Å². The van der Waals surface area contributed by atoms with Crippen LogP contribution in [0.2, 0.25) is 5.02 Å². The van der Waals surface area contributed by atoms with E-state index in [9.17, 15) is 9.59 Å². The van der Waals surface area contributed by atoms with Gasteiger partial charge in [-0.05, 0) is 82.5 Å². The minimum atomic E-state index is -0.853. The van der Waals surface area contributed by atoms with Crippen LogP contribution in [-0.4, -0.2) is 24.8 Å². The van der Waals surface area contributed by atoms with Crippen LogP contribution in [0.4, 0.5) is 0 Å². The lowest BCUT2D eigenvalue weighted by atomic mass is 9.95. The first-order valence-electron chi connectivity index (χ1n) is 12.6. The summed E-state index contributed by atoms with van der Waals surface area (Å²) in [7, 11) is 2.80. The molecule has 0 fully saturated rings. The van der Waals surface area contributed by atoms with Crippen LogP contribution >= 0.6 is 38.9 Å². The summed E-state index contributed by atoms with van der Waals surface area (Å²) in [5.74, 6) is 0.498. The lowest BCUT2D eigenvalue weighted by molar-refractivity contribution is -0.136. The van der Waals surface area contributed by atoms with Crippen LogP contribution in [0.1, 0.15) is 35.2 Å². The summed E-state index contributed by atoms with van der Waals surface area (Å²) < 4.78 is 19.2. The molecule has 5 rings (SSSR count). The molecule has 1 aliphatic rings. The number of fused-ring (bicyclic) bond motifs is 1. The van der Waals surface area contributed by atoms with Gasteiger partial charge in [0.2, 0.25) is 0 Å². The van der Waals surface area contributed by atoms with Crippen LogP contribution in [0.3, 0.4) is 0 Å². The van der Waals surface area contributed by atoms with Gasteiger partial charge in [-0.3, -0.25) is 9.36 Å². The molecule has 4 aromatic rings. The number of allylic oxidation sites excluding steroid dienone is 1. The molecule has 0 aliphatic carbocycles. The third kappa shape index (κ3) is 5.77. The van der Waals surface area contributed by atoms with Gasteiger partial charge in [0.15, 0.2) is 4.80 Å². The maximum atomic E-state index is 13.9. The fourth-order valence-corrected chi connectivity index (χ4v) is 6.36. The predicted octanol–water partition coefficient (Wildman–Crippen LogP) is 5.28. The zero-order chi connectivity index (χ0) is 30.0. The number of hydrogen-bond donors (Lipinski definition) is 0. The van der Waals surface area contributed by atoms with E-state index in [0.717, 1.165) is 11.1 Å². The molecular weight excluding hydrogens is 642 g/mol. The molecule has 1 aromatic heterocycles. The molecule has 3 aromatic carbocycles. The predicted molar refractivity (Wildman–Crippen MR) is 163 cm³/mol. The van der Waals surface area contributed by atoms with Gasteiger partial charge in [-0.15, -0.1) is 0 Å². The standard InChI is InChI=1S/C31H23BrClN3O5S/c1-17-27(30(38)40-3)28(22-14-21(33)9-11-24(22)39-2)36-29(37)26(42-31(36)35-17)13-20-8-10-25(23(32)12-20)41-16-19-6-4-18(15-34)5-7-19/h4-14,28H,16H2,1-3H3/b26-13-/t28-/m1/s1. The summed E-state index contributed by atoms with van der Waals surface area (Å²) in [6.07, 6.45) is 1.77. The number of nitrogens with zero attached hydrogens (tertiary/aromatic N) is 3. The summed E-state index contributed by atoms with van der Waals surface area (Å²) >= 11 is 11.1. The van der Waals surface area contributed by atoms with E-state index >= 15 is 0 Å². The molecule has 0 unspecified atom stereocenters. The van der Waals surface area contributed by atoms with E-state index in [1.807, 2.05) is 30.3 Å². The average molecular weight is 665 g/mol. The van der Waals surface area contributed by atoms with Crippen molar-refractivity contribution in [3.8, 4) is 17.6 Å². The number of benzene rings is 3. The SMILES string of the molecule is COC(=O)C1=C(C)N=c2s/c(=C\c3ccc(OCc4ccc(C#N)cc4)c(Br)c3)c(=O)n2[C@@H]1c1cc(Cl)ccc1OC. The number of carbonyl (C=O) groups excluding carboxylic acids is 1. The van der Waals surface area contributed by atoms with Crippen molar-refractivity contribution in [1.29, 1.82) is 5.26 Å². The van der Waals surface area contributed by atoms with E-state index < -0.39 is 12.0 Å². The lowest BCUT2D eigenvalue weighted by Crippen LogP contribution is -2.40. The maximum absolute atomic E-state index is 13.9. The van der Waals surface area contributed by atoms with Gasteiger partial charge in [0.25, 0.3) is 5.56 Å². The Morgan fingerprint density at radius 1 is 1.14 bits per heavy atom. The molecule has 42 heavy (non-hydrogen) atoms. The van der Waals surface area contributed by atoms with Crippen molar-refractivity contribution in [2.75, 3.05) is 14.2 Å². The van der Waals surface area contributed by atoms with E-state index in [2.05, 4.69) is 27.0 Å². The molecule has 0 saturated carbocycles. The number of halogens is 2. The Bertz CT molecular complexity index is 1960. The van der Waals surface area contributed by atoms with E-state index in [1.165, 1.54) is 30.1 Å². The second-order valence-corrected chi connectivity index (χ2v) is 11.5. The zero-order valence-corrected chi connectivity index (χ0v) is 25.8. The van der Waals surface area contributed by atoms with Gasteiger partial charge in [-0.25, -0.2) is 9.79 Å². The van der Waals surface area contributed by atoms with Gasteiger partial charge < -0.3 is 14.2 Å². The molecule has 1 aliphatic heterocycles. The van der Waals surface area contributed by atoms with E-state index in [-0.39, 0.29) is 11.1 Å². The summed E-state index contributed by atoms with van der Waals surface area (Å²) in [6, 6.07) is 19.0. The number of rotatable bonds is 7. The van der Waals surface area contributed by atoms with Gasteiger partial charge in [-0.2, -0.15) is 5.26 Å². The number of nitriles is 1. The van der Waals surface area contributed by atoms with Crippen molar-refractivity contribution in [3.63, 3.8) is 0 Å². The number of thiazole rings is 1. The average Bonchev–Trinajstić information content (AvgIpc) is 3.29. The topological polar surface area (TPSA) is 103 Å². The summed E-state index contributed by atoms with van der Waals surface area (Å²) in [5.41, 5.74) is 3.16. The van der Waals surface area contributed by atoms with Crippen molar-refractivity contribution >= 4 is 50.9 Å². The van der Waals surface area contributed by atoms with Gasteiger partial charge >= 0.3 is 5.97 Å². The molecule has 0 spiro atoms. The van der Waals surface area contributed by atoms with Crippen LogP contribution in [0, 0.1) is 11.3 Å². The molecule has 0 amide bonds. The zero-order valence-electron chi connectivity index (χ0n) is 22.7. The lowest BCUT2D eigenvalue weighted by Gasteiger charge is -2.25. The first kappa shape index (κ1) is 29.3. The Morgan fingerprint density at radius 3 is 2.55 bits per heavy atom. The fourth-order valence-electron chi connectivity index (χ4n) is 4.62. The number of hydrogen-bond acceptors (Lipinski definition) is 8. The molecule has 11 heteroatoms. The van der Waals surface area contributed by atoms with Crippen molar-refractivity contribution in [1.82, 2.24) is 4.57 Å². The Balaban J connectivity index is 1.54. The number of carbonyl (C=O) groups is 1. The minimum absolute atomic E-state index is 0.225. The summed E-state index contributed by atoms with van der Waals surface area (Å²) in [4.78, 5) is 31.8.